The predicted molar refractivity (Wildman–Crippen MR) is 54.6 cm³/mol. The summed E-state index contributed by atoms with van der Waals surface area (Å²) in [6.07, 6.45) is 0. The van der Waals surface area contributed by atoms with Crippen LogP contribution in [0.2, 0.25) is 0 Å². The summed E-state index contributed by atoms with van der Waals surface area (Å²) >= 11 is 0. The van der Waals surface area contributed by atoms with Crippen molar-refractivity contribution in [1.82, 2.24) is 4.90 Å². The number of hydrogen-bond acceptors (Lipinski definition) is 1. The maximum Gasteiger partial charge on any atom is 0.188 e. The number of rotatable bonds is 2. The summed E-state index contributed by atoms with van der Waals surface area (Å²) in [6.45, 7) is 2.74. The minimum Gasteiger partial charge on any atom is -0.370 e. The lowest BCUT2D eigenvalue weighted by atomic mass is 10.1. The zero-order chi connectivity index (χ0) is 9.84. The van der Waals surface area contributed by atoms with E-state index >= 15 is 0 Å². The van der Waals surface area contributed by atoms with E-state index < -0.39 is 0 Å². The highest BCUT2D eigenvalue weighted by Gasteiger charge is 1.99. The van der Waals surface area contributed by atoms with E-state index in [-0.39, 0.29) is 5.96 Å². The third-order valence-electron chi connectivity index (χ3n) is 1.95. The second-order valence-corrected chi connectivity index (χ2v) is 3.23. The van der Waals surface area contributed by atoms with Gasteiger partial charge in [-0.25, -0.2) is 0 Å². The molecule has 0 atom stereocenters. The smallest absolute Gasteiger partial charge is 0.188 e. The van der Waals surface area contributed by atoms with Gasteiger partial charge in [-0.15, -0.1) is 0 Å². The van der Waals surface area contributed by atoms with E-state index in [1.807, 2.05) is 7.05 Å². The Morgan fingerprint density at radius 2 is 1.92 bits per heavy atom. The summed E-state index contributed by atoms with van der Waals surface area (Å²) in [4.78, 5) is 1.70. The second-order valence-electron chi connectivity index (χ2n) is 3.23. The standard InChI is InChI=1S/C10H15N3/c1-8-3-5-9(6-4-8)7-13(2)10(11)12/h3-6H,7H2,1-2H3,(H3,11,12). The lowest BCUT2D eigenvalue weighted by Crippen LogP contribution is -2.32. The maximum atomic E-state index is 7.20. The first-order valence-electron chi connectivity index (χ1n) is 4.20. The third-order valence-corrected chi connectivity index (χ3v) is 1.95. The van der Waals surface area contributed by atoms with E-state index in [9.17, 15) is 0 Å². The molecule has 0 radical (unpaired) electrons. The van der Waals surface area contributed by atoms with E-state index in [2.05, 4.69) is 31.2 Å². The van der Waals surface area contributed by atoms with Crippen LogP contribution in [-0.2, 0) is 6.54 Å². The molecule has 0 heterocycles. The molecule has 0 saturated carbocycles. The molecule has 0 saturated heterocycles. The molecule has 3 heteroatoms. The molecule has 13 heavy (non-hydrogen) atoms. The van der Waals surface area contributed by atoms with Gasteiger partial charge in [-0.05, 0) is 12.5 Å². The van der Waals surface area contributed by atoms with E-state index in [0.717, 1.165) is 0 Å². The highest BCUT2D eigenvalue weighted by molar-refractivity contribution is 5.74. The molecule has 0 aliphatic rings. The molecule has 0 aliphatic carbocycles. The minimum atomic E-state index is 0.0978. The van der Waals surface area contributed by atoms with Crippen LogP contribution in [0.1, 0.15) is 11.1 Å². The molecule has 3 N–H and O–H groups in total. The second kappa shape index (κ2) is 3.94. The van der Waals surface area contributed by atoms with Gasteiger partial charge >= 0.3 is 0 Å². The van der Waals surface area contributed by atoms with Crippen molar-refractivity contribution in [3.63, 3.8) is 0 Å². The molecule has 0 aromatic heterocycles. The number of guanidine groups is 1. The molecule has 70 valence electrons. The van der Waals surface area contributed by atoms with Crippen LogP contribution in [0, 0.1) is 12.3 Å². The topological polar surface area (TPSA) is 53.1 Å². The van der Waals surface area contributed by atoms with Crippen molar-refractivity contribution in [2.75, 3.05) is 7.05 Å². The van der Waals surface area contributed by atoms with Crippen LogP contribution in [-0.4, -0.2) is 17.9 Å². The lowest BCUT2D eigenvalue weighted by Gasteiger charge is -2.16. The van der Waals surface area contributed by atoms with Gasteiger partial charge in [-0.2, -0.15) is 0 Å². The van der Waals surface area contributed by atoms with Crippen molar-refractivity contribution < 1.29 is 0 Å². The van der Waals surface area contributed by atoms with Gasteiger partial charge in [0.15, 0.2) is 5.96 Å². The summed E-state index contributed by atoms with van der Waals surface area (Å²) < 4.78 is 0. The summed E-state index contributed by atoms with van der Waals surface area (Å²) in [5, 5.41) is 7.20. The monoisotopic (exact) mass is 177 g/mol. The molecule has 3 nitrogen and oxygen atoms in total. The van der Waals surface area contributed by atoms with Crippen LogP contribution in [0.3, 0.4) is 0 Å². The van der Waals surface area contributed by atoms with Crippen molar-refractivity contribution in [3.8, 4) is 0 Å². The average Bonchev–Trinajstić information content (AvgIpc) is 2.08. The van der Waals surface area contributed by atoms with E-state index in [1.165, 1.54) is 11.1 Å². The number of hydrogen-bond donors (Lipinski definition) is 2. The molecule has 1 aromatic carbocycles. The van der Waals surface area contributed by atoms with Gasteiger partial charge in [0, 0.05) is 13.6 Å². The van der Waals surface area contributed by atoms with Crippen molar-refractivity contribution >= 4 is 5.96 Å². The molecule has 0 unspecified atom stereocenters. The summed E-state index contributed by atoms with van der Waals surface area (Å²) in [7, 11) is 1.81. The normalized spacial score (nSPS) is 9.69. The van der Waals surface area contributed by atoms with E-state index in [1.54, 1.807) is 4.90 Å². The number of nitrogens with zero attached hydrogens (tertiary/aromatic N) is 1. The van der Waals surface area contributed by atoms with Crippen LogP contribution in [0.25, 0.3) is 0 Å². The first-order valence-corrected chi connectivity index (χ1v) is 4.20. The number of nitrogens with two attached hydrogens (primary N) is 1. The molecule has 1 rings (SSSR count). The van der Waals surface area contributed by atoms with Crippen LogP contribution < -0.4 is 5.73 Å². The quantitative estimate of drug-likeness (QED) is 0.529. The lowest BCUT2D eigenvalue weighted by molar-refractivity contribution is 0.491. The first kappa shape index (κ1) is 9.58. The predicted octanol–water partition coefficient (Wildman–Crippen LogP) is 1.32. The van der Waals surface area contributed by atoms with Gasteiger partial charge in [0.2, 0.25) is 0 Å². The van der Waals surface area contributed by atoms with Crippen LogP contribution in [0.5, 0.6) is 0 Å². The number of benzene rings is 1. The van der Waals surface area contributed by atoms with Crippen LogP contribution >= 0.6 is 0 Å². The van der Waals surface area contributed by atoms with Crippen LogP contribution in [0.15, 0.2) is 24.3 Å². The van der Waals surface area contributed by atoms with E-state index in [0.29, 0.717) is 6.54 Å². The Morgan fingerprint density at radius 3 is 2.38 bits per heavy atom. The molecular weight excluding hydrogens is 162 g/mol. The Kier molecular flexibility index (Phi) is 2.90. The molecule has 1 aromatic rings. The zero-order valence-corrected chi connectivity index (χ0v) is 8.04. The molecule has 0 amide bonds. The Balaban J connectivity index is 2.64. The van der Waals surface area contributed by atoms with Gasteiger partial charge in [-0.1, -0.05) is 29.8 Å². The van der Waals surface area contributed by atoms with E-state index in [4.69, 9.17) is 11.1 Å². The van der Waals surface area contributed by atoms with Gasteiger partial charge in [0.1, 0.15) is 0 Å². The highest BCUT2D eigenvalue weighted by Crippen LogP contribution is 2.04. The zero-order valence-electron chi connectivity index (χ0n) is 8.04. The molecular formula is C10H15N3. The van der Waals surface area contributed by atoms with Gasteiger partial charge in [0.05, 0.1) is 0 Å². The van der Waals surface area contributed by atoms with Crippen LogP contribution in [0.4, 0.5) is 0 Å². The fraction of sp³-hybridized carbons (Fsp3) is 0.300. The van der Waals surface area contributed by atoms with Crippen molar-refractivity contribution in [3.05, 3.63) is 35.4 Å². The largest absolute Gasteiger partial charge is 0.370 e. The minimum absolute atomic E-state index is 0.0978. The van der Waals surface area contributed by atoms with Gasteiger partial charge < -0.3 is 10.6 Å². The molecule has 0 bridgehead atoms. The van der Waals surface area contributed by atoms with Crippen molar-refractivity contribution in [2.24, 2.45) is 5.73 Å². The summed E-state index contributed by atoms with van der Waals surface area (Å²) in [5.74, 6) is 0.0978. The highest BCUT2D eigenvalue weighted by atomic mass is 15.2. The Hall–Kier alpha value is -1.51. The first-order chi connectivity index (χ1) is 6.09. The van der Waals surface area contributed by atoms with Crippen molar-refractivity contribution in [1.29, 1.82) is 5.41 Å². The molecule has 0 aliphatic heterocycles. The average molecular weight is 177 g/mol. The SMILES string of the molecule is Cc1ccc(CN(C)C(=N)N)cc1. The summed E-state index contributed by atoms with van der Waals surface area (Å²) in [5.41, 5.74) is 7.74. The third kappa shape index (κ3) is 2.78. The Morgan fingerprint density at radius 1 is 1.38 bits per heavy atom. The summed E-state index contributed by atoms with van der Waals surface area (Å²) in [6, 6.07) is 8.22. The van der Waals surface area contributed by atoms with Gasteiger partial charge in [-0.3, -0.25) is 5.41 Å². The molecule has 0 fully saturated rings. The fourth-order valence-corrected chi connectivity index (χ4v) is 1.05. The number of aryl methyl sites for hydroxylation is 1. The number of nitrogens with one attached hydrogen (secondary N) is 1. The Bertz CT molecular complexity index is 290. The van der Waals surface area contributed by atoms with Gasteiger partial charge in [0.25, 0.3) is 0 Å². The maximum absolute atomic E-state index is 7.20. The Labute approximate surface area is 78.7 Å². The fourth-order valence-electron chi connectivity index (χ4n) is 1.05. The van der Waals surface area contributed by atoms with Crippen molar-refractivity contribution in [2.45, 2.75) is 13.5 Å². The molecule has 0 spiro atoms.